The van der Waals surface area contributed by atoms with Crippen molar-refractivity contribution in [2.24, 2.45) is 5.92 Å². The van der Waals surface area contributed by atoms with Crippen molar-refractivity contribution in [2.45, 2.75) is 6.42 Å². The Hall–Kier alpha value is -0.880. The van der Waals surface area contributed by atoms with Gasteiger partial charge in [0, 0.05) is 16.0 Å². The SMILES string of the molecule is COc1ccc(Br)c(C(=O)C2CCS(=O)(=O)C2)c1. The lowest BCUT2D eigenvalue weighted by Gasteiger charge is -2.10. The number of carbonyl (C=O) groups excluding carboxylic acids is 1. The highest BCUT2D eigenvalue weighted by atomic mass is 79.9. The van der Waals surface area contributed by atoms with Gasteiger partial charge in [0.05, 0.1) is 18.6 Å². The Bertz CT molecular complexity index is 580. The maximum Gasteiger partial charge on any atom is 0.168 e. The summed E-state index contributed by atoms with van der Waals surface area (Å²) in [7, 11) is -1.52. The predicted octanol–water partition coefficient (Wildman–Crippen LogP) is 2.08. The number of ketones is 1. The number of carbonyl (C=O) groups is 1. The van der Waals surface area contributed by atoms with E-state index in [4.69, 9.17) is 4.74 Å². The first kappa shape index (κ1) is 13.5. The molecule has 0 bridgehead atoms. The molecule has 2 rings (SSSR count). The van der Waals surface area contributed by atoms with Crippen molar-refractivity contribution in [1.82, 2.24) is 0 Å². The molecule has 0 spiro atoms. The molecule has 1 saturated heterocycles. The molecule has 1 aliphatic rings. The van der Waals surface area contributed by atoms with E-state index in [0.717, 1.165) is 0 Å². The van der Waals surface area contributed by atoms with E-state index in [1.165, 1.54) is 7.11 Å². The van der Waals surface area contributed by atoms with E-state index in [-0.39, 0.29) is 17.3 Å². The van der Waals surface area contributed by atoms with Gasteiger partial charge in [-0.15, -0.1) is 0 Å². The highest BCUT2D eigenvalue weighted by Crippen LogP contribution is 2.29. The maximum absolute atomic E-state index is 12.3. The van der Waals surface area contributed by atoms with Crippen LogP contribution in [0.2, 0.25) is 0 Å². The van der Waals surface area contributed by atoms with Gasteiger partial charge in [0.15, 0.2) is 15.6 Å². The van der Waals surface area contributed by atoms with Crippen LogP contribution >= 0.6 is 15.9 Å². The first-order chi connectivity index (χ1) is 8.43. The fraction of sp³-hybridized carbons (Fsp3) is 0.417. The van der Waals surface area contributed by atoms with E-state index < -0.39 is 15.8 Å². The van der Waals surface area contributed by atoms with Crippen molar-refractivity contribution in [3.05, 3.63) is 28.2 Å². The lowest BCUT2D eigenvalue weighted by molar-refractivity contribution is 0.0932. The molecule has 0 aliphatic carbocycles. The van der Waals surface area contributed by atoms with Gasteiger partial charge in [-0.1, -0.05) is 15.9 Å². The van der Waals surface area contributed by atoms with Crippen LogP contribution in [0.3, 0.4) is 0 Å². The van der Waals surface area contributed by atoms with Crippen LogP contribution in [0.1, 0.15) is 16.8 Å². The molecule has 6 heteroatoms. The second-order valence-corrected chi connectivity index (χ2v) is 7.39. The third-order valence-electron chi connectivity index (χ3n) is 3.04. The number of Topliss-reactive ketones (excluding diaryl/α,β-unsaturated/α-hetero) is 1. The molecule has 0 N–H and O–H groups in total. The van der Waals surface area contributed by atoms with Crippen LogP contribution in [0.4, 0.5) is 0 Å². The molecule has 18 heavy (non-hydrogen) atoms. The standard InChI is InChI=1S/C12H13BrO4S/c1-17-9-2-3-11(13)10(6-9)12(14)8-4-5-18(15,16)7-8/h2-3,6,8H,4-5,7H2,1H3. The van der Waals surface area contributed by atoms with Crippen LogP contribution in [0, 0.1) is 5.92 Å². The number of methoxy groups -OCH3 is 1. The third kappa shape index (κ3) is 2.75. The van der Waals surface area contributed by atoms with E-state index in [1.807, 2.05) is 0 Å². The summed E-state index contributed by atoms with van der Waals surface area (Å²) in [5.41, 5.74) is 0.483. The zero-order valence-electron chi connectivity index (χ0n) is 9.85. The molecule has 1 aliphatic heterocycles. The van der Waals surface area contributed by atoms with Gasteiger partial charge in [-0.3, -0.25) is 4.79 Å². The lowest BCUT2D eigenvalue weighted by atomic mass is 9.97. The van der Waals surface area contributed by atoms with Gasteiger partial charge in [-0.05, 0) is 24.6 Å². The van der Waals surface area contributed by atoms with Gasteiger partial charge in [0.25, 0.3) is 0 Å². The average molecular weight is 333 g/mol. The fourth-order valence-corrected chi connectivity index (χ4v) is 4.23. The molecule has 1 aromatic rings. The third-order valence-corrected chi connectivity index (χ3v) is 5.50. The van der Waals surface area contributed by atoms with Crippen molar-refractivity contribution in [1.29, 1.82) is 0 Å². The van der Waals surface area contributed by atoms with Crippen LogP contribution in [0.15, 0.2) is 22.7 Å². The van der Waals surface area contributed by atoms with Gasteiger partial charge in [-0.25, -0.2) is 8.42 Å². The molecule has 1 atom stereocenters. The molecular formula is C12H13BrO4S. The quantitative estimate of drug-likeness (QED) is 0.795. The number of ether oxygens (including phenoxy) is 1. The minimum Gasteiger partial charge on any atom is -0.497 e. The summed E-state index contributed by atoms with van der Waals surface area (Å²) in [6, 6.07) is 5.11. The zero-order chi connectivity index (χ0) is 13.3. The highest BCUT2D eigenvalue weighted by Gasteiger charge is 2.34. The topological polar surface area (TPSA) is 60.4 Å². The number of benzene rings is 1. The number of sulfone groups is 1. The van der Waals surface area contributed by atoms with Gasteiger partial charge in [-0.2, -0.15) is 0 Å². The molecule has 4 nitrogen and oxygen atoms in total. The number of hydrogen-bond acceptors (Lipinski definition) is 4. The van der Waals surface area contributed by atoms with Crippen LogP contribution in [0.5, 0.6) is 5.75 Å². The maximum atomic E-state index is 12.3. The minimum atomic E-state index is -3.04. The smallest absolute Gasteiger partial charge is 0.168 e. The number of hydrogen-bond donors (Lipinski definition) is 0. The molecule has 0 amide bonds. The first-order valence-corrected chi connectivity index (χ1v) is 8.12. The largest absolute Gasteiger partial charge is 0.497 e. The molecule has 1 unspecified atom stereocenters. The Morgan fingerprint density at radius 2 is 2.17 bits per heavy atom. The van der Waals surface area contributed by atoms with Crippen molar-refractivity contribution >= 4 is 31.6 Å². The van der Waals surface area contributed by atoms with Gasteiger partial charge < -0.3 is 4.74 Å². The Morgan fingerprint density at radius 1 is 1.44 bits per heavy atom. The van der Waals surface area contributed by atoms with Gasteiger partial charge >= 0.3 is 0 Å². The summed E-state index contributed by atoms with van der Waals surface area (Å²) < 4.78 is 28.5. The van der Waals surface area contributed by atoms with Crippen LogP contribution in [-0.4, -0.2) is 32.8 Å². The summed E-state index contributed by atoms with van der Waals surface area (Å²) in [5.74, 6) is 0.0724. The average Bonchev–Trinajstić information content (AvgIpc) is 2.69. The van der Waals surface area contributed by atoms with Crippen molar-refractivity contribution < 1.29 is 17.9 Å². The molecule has 0 saturated carbocycles. The lowest BCUT2D eigenvalue weighted by Crippen LogP contribution is -2.16. The van der Waals surface area contributed by atoms with E-state index in [1.54, 1.807) is 18.2 Å². The monoisotopic (exact) mass is 332 g/mol. The Kier molecular flexibility index (Phi) is 3.77. The van der Waals surface area contributed by atoms with Crippen molar-refractivity contribution in [3.63, 3.8) is 0 Å². The van der Waals surface area contributed by atoms with E-state index in [0.29, 0.717) is 22.2 Å². The predicted molar refractivity (Wildman–Crippen MR) is 71.8 cm³/mol. The van der Waals surface area contributed by atoms with Crippen LogP contribution < -0.4 is 4.74 Å². The molecule has 0 radical (unpaired) electrons. The van der Waals surface area contributed by atoms with E-state index in [2.05, 4.69) is 15.9 Å². The van der Waals surface area contributed by atoms with Crippen molar-refractivity contribution in [2.75, 3.05) is 18.6 Å². The molecule has 1 heterocycles. The summed E-state index contributed by atoms with van der Waals surface area (Å²) in [6.07, 6.45) is 0.408. The van der Waals surface area contributed by atoms with Crippen LogP contribution in [0.25, 0.3) is 0 Å². The fourth-order valence-electron chi connectivity index (χ4n) is 2.04. The highest BCUT2D eigenvalue weighted by molar-refractivity contribution is 9.10. The van der Waals surface area contributed by atoms with Crippen LogP contribution in [-0.2, 0) is 9.84 Å². The van der Waals surface area contributed by atoms with Gasteiger partial charge in [0.1, 0.15) is 5.75 Å². The Balaban J connectivity index is 2.29. The summed E-state index contributed by atoms with van der Waals surface area (Å²) >= 11 is 3.31. The second-order valence-electron chi connectivity index (χ2n) is 4.31. The van der Waals surface area contributed by atoms with Gasteiger partial charge in [0.2, 0.25) is 0 Å². The molecule has 0 aromatic heterocycles. The van der Waals surface area contributed by atoms with E-state index in [9.17, 15) is 13.2 Å². The zero-order valence-corrected chi connectivity index (χ0v) is 12.3. The Labute approximate surface area is 114 Å². The summed E-state index contributed by atoms with van der Waals surface area (Å²) in [6.45, 7) is 0. The normalized spacial score (nSPS) is 21.8. The summed E-state index contributed by atoms with van der Waals surface area (Å²) in [5, 5.41) is 0. The minimum absolute atomic E-state index is 0.0461. The summed E-state index contributed by atoms with van der Waals surface area (Å²) in [4.78, 5) is 12.3. The Morgan fingerprint density at radius 3 is 2.72 bits per heavy atom. The second kappa shape index (κ2) is 5.01. The molecule has 1 aromatic carbocycles. The molecule has 1 fully saturated rings. The molecular weight excluding hydrogens is 320 g/mol. The molecule has 98 valence electrons. The first-order valence-electron chi connectivity index (χ1n) is 5.51. The van der Waals surface area contributed by atoms with E-state index >= 15 is 0 Å². The van der Waals surface area contributed by atoms with Crippen molar-refractivity contribution in [3.8, 4) is 5.75 Å². The number of rotatable bonds is 3. The number of halogens is 1.